The average molecular weight is 334 g/mol. The van der Waals surface area contributed by atoms with E-state index >= 15 is 0 Å². The minimum Gasteiger partial charge on any atom is -0.496 e. The van der Waals surface area contributed by atoms with E-state index in [1.165, 1.54) is 11.1 Å². The smallest absolute Gasteiger partial charge is 0.137 e. The highest BCUT2D eigenvalue weighted by atomic mass is 35.5. The van der Waals surface area contributed by atoms with Crippen LogP contribution in [0.4, 0.5) is 0 Å². The van der Waals surface area contributed by atoms with Crippen LogP contribution in [0, 0.1) is 0 Å². The molecule has 0 amide bonds. The monoisotopic (exact) mass is 333 g/mol. The van der Waals surface area contributed by atoms with Gasteiger partial charge in [0.25, 0.3) is 0 Å². The molecule has 1 unspecified atom stereocenters. The maximum absolute atomic E-state index is 6.22. The van der Waals surface area contributed by atoms with Crippen LogP contribution in [0.2, 0.25) is 5.02 Å². The Morgan fingerprint density at radius 1 is 1.04 bits per heavy atom. The van der Waals surface area contributed by atoms with Gasteiger partial charge >= 0.3 is 0 Å². The minimum absolute atomic E-state index is 0.246. The summed E-state index contributed by atoms with van der Waals surface area (Å²) in [6, 6.07) is 12.2. The Bertz CT molecular complexity index is 658. The number of ether oxygens (including phenoxy) is 2. The van der Waals surface area contributed by atoms with Crippen LogP contribution in [-0.2, 0) is 12.8 Å². The number of hydrogen-bond donors (Lipinski definition) is 1. The standard InChI is InChI=1S/C19H24ClNO2/c1-4-14-11-15(6-8-18(14)22-2)16(12-21)9-13-5-7-19(23-3)17(20)10-13/h5-8,10-11,16H,4,9,12,21H2,1-3H3. The number of rotatable bonds is 7. The van der Waals surface area contributed by atoms with Gasteiger partial charge < -0.3 is 15.2 Å². The lowest BCUT2D eigenvalue weighted by molar-refractivity contribution is 0.409. The molecule has 1 atom stereocenters. The van der Waals surface area contributed by atoms with Crippen molar-refractivity contribution >= 4 is 11.6 Å². The highest BCUT2D eigenvalue weighted by Crippen LogP contribution is 2.30. The predicted molar refractivity (Wildman–Crippen MR) is 95.9 cm³/mol. The van der Waals surface area contributed by atoms with Crippen LogP contribution in [0.1, 0.15) is 29.5 Å². The first kappa shape index (κ1) is 17.6. The highest BCUT2D eigenvalue weighted by Gasteiger charge is 2.14. The van der Waals surface area contributed by atoms with Crippen LogP contribution in [0.3, 0.4) is 0 Å². The molecule has 0 aromatic heterocycles. The topological polar surface area (TPSA) is 44.5 Å². The molecule has 124 valence electrons. The number of aryl methyl sites for hydroxylation is 1. The quantitative estimate of drug-likeness (QED) is 0.825. The van der Waals surface area contributed by atoms with Crippen molar-refractivity contribution in [3.05, 3.63) is 58.1 Å². The molecule has 0 saturated heterocycles. The molecule has 0 aliphatic heterocycles. The Morgan fingerprint density at radius 2 is 1.74 bits per heavy atom. The lowest BCUT2D eigenvalue weighted by Gasteiger charge is -2.18. The third-order valence-corrected chi connectivity index (χ3v) is 4.43. The molecule has 23 heavy (non-hydrogen) atoms. The van der Waals surface area contributed by atoms with Crippen molar-refractivity contribution in [1.82, 2.24) is 0 Å². The van der Waals surface area contributed by atoms with Gasteiger partial charge in [-0.15, -0.1) is 0 Å². The normalized spacial score (nSPS) is 12.0. The van der Waals surface area contributed by atoms with Gasteiger partial charge in [0.05, 0.1) is 19.2 Å². The molecule has 4 heteroatoms. The summed E-state index contributed by atoms with van der Waals surface area (Å²) in [7, 11) is 3.32. The van der Waals surface area contributed by atoms with Crippen LogP contribution >= 0.6 is 11.6 Å². The summed E-state index contributed by atoms with van der Waals surface area (Å²) in [5.41, 5.74) is 9.61. The molecule has 0 fully saturated rings. The Morgan fingerprint density at radius 3 is 2.30 bits per heavy atom. The molecule has 2 aromatic carbocycles. The SMILES string of the molecule is CCc1cc(C(CN)Cc2ccc(OC)c(Cl)c2)ccc1OC. The average Bonchev–Trinajstić information content (AvgIpc) is 2.59. The summed E-state index contributed by atoms with van der Waals surface area (Å²) in [5, 5.41) is 0.629. The molecule has 2 N–H and O–H groups in total. The van der Waals surface area contributed by atoms with Gasteiger partial charge in [0.2, 0.25) is 0 Å². The van der Waals surface area contributed by atoms with Gasteiger partial charge in [-0.2, -0.15) is 0 Å². The molecule has 0 aliphatic carbocycles. The van der Waals surface area contributed by atoms with E-state index in [4.69, 9.17) is 26.8 Å². The number of methoxy groups -OCH3 is 2. The first-order valence-corrected chi connectivity index (χ1v) is 8.20. The Kier molecular flexibility index (Phi) is 6.31. The molecule has 0 saturated carbocycles. The van der Waals surface area contributed by atoms with Gasteiger partial charge in [-0.3, -0.25) is 0 Å². The van der Waals surface area contributed by atoms with Crippen molar-refractivity contribution in [3.8, 4) is 11.5 Å². The third kappa shape index (κ3) is 4.18. The van der Waals surface area contributed by atoms with E-state index in [9.17, 15) is 0 Å². The fourth-order valence-electron chi connectivity index (χ4n) is 2.79. The Hall–Kier alpha value is -1.71. The van der Waals surface area contributed by atoms with Crippen molar-refractivity contribution in [1.29, 1.82) is 0 Å². The summed E-state index contributed by atoms with van der Waals surface area (Å²) in [4.78, 5) is 0. The maximum atomic E-state index is 6.22. The first-order valence-electron chi connectivity index (χ1n) is 7.82. The number of hydrogen-bond acceptors (Lipinski definition) is 3. The van der Waals surface area contributed by atoms with Gasteiger partial charge in [0, 0.05) is 5.92 Å². The molecule has 0 spiro atoms. The van der Waals surface area contributed by atoms with Crippen LogP contribution in [0.25, 0.3) is 0 Å². The van der Waals surface area contributed by atoms with Crippen molar-refractivity contribution < 1.29 is 9.47 Å². The molecule has 2 aromatic rings. The Balaban J connectivity index is 2.24. The lowest BCUT2D eigenvalue weighted by atomic mass is 9.90. The summed E-state index contributed by atoms with van der Waals surface area (Å²) in [5.74, 6) is 1.87. The predicted octanol–water partition coefficient (Wildman–Crippen LogP) is 4.20. The first-order chi connectivity index (χ1) is 11.1. The number of nitrogens with two attached hydrogens (primary N) is 1. The molecular weight excluding hydrogens is 310 g/mol. The van der Waals surface area contributed by atoms with E-state index < -0.39 is 0 Å². The molecule has 0 aliphatic rings. The fraction of sp³-hybridized carbons (Fsp3) is 0.368. The van der Waals surface area contributed by atoms with Crippen molar-refractivity contribution in [2.24, 2.45) is 5.73 Å². The molecule has 3 nitrogen and oxygen atoms in total. The van der Waals surface area contributed by atoms with Crippen LogP contribution in [-0.4, -0.2) is 20.8 Å². The minimum atomic E-state index is 0.246. The van der Waals surface area contributed by atoms with Gasteiger partial charge in [-0.1, -0.05) is 36.7 Å². The summed E-state index contributed by atoms with van der Waals surface area (Å²) >= 11 is 6.22. The summed E-state index contributed by atoms with van der Waals surface area (Å²) < 4.78 is 10.6. The summed E-state index contributed by atoms with van der Waals surface area (Å²) in [6.07, 6.45) is 1.78. The van der Waals surface area contributed by atoms with E-state index in [1.54, 1.807) is 14.2 Å². The number of halogens is 1. The zero-order valence-corrected chi connectivity index (χ0v) is 14.7. The van der Waals surface area contributed by atoms with Crippen LogP contribution < -0.4 is 15.2 Å². The van der Waals surface area contributed by atoms with Gasteiger partial charge in [0.1, 0.15) is 11.5 Å². The van der Waals surface area contributed by atoms with E-state index in [0.717, 1.165) is 24.2 Å². The molecule has 0 bridgehead atoms. The van der Waals surface area contributed by atoms with Crippen molar-refractivity contribution in [3.63, 3.8) is 0 Å². The molecule has 0 heterocycles. The highest BCUT2D eigenvalue weighted by molar-refractivity contribution is 6.32. The maximum Gasteiger partial charge on any atom is 0.137 e. The van der Waals surface area contributed by atoms with Crippen LogP contribution in [0.5, 0.6) is 11.5 Å². The second-order valence-electron chi connectivity index (χ2n) is 5.53. The largest absolute Gasteiger partial charge is 0.496 e. The second-order valence-corrected chi connectivity index (χ2v) is 5.94. The van der Waals surface area contributed by atoms with E-state index in [1.807, 2.05) is 24.3 Å². The third-order valence-electron chi connectivity index (χ3n) is 4.14. The van der Waals surface area contributed by atoms with Crippen molar-refractivity contribution in [2.75, 3.05) is 20.8 Å². The molecule has 0 radical (unpaired) electrons. The fourth-order valence-corrected chi connectivity index (χ4v) is 3.07. The molecular formula is C19H24ClNO2. The van der Waals surface area contributed by atoms with E-state index in [2.05, 4.69) is 19.1 Å². The van der Waals surface area contributed by atoms with Crippen LogP contribution in [0.15, 0.2) is 36.4 Å². The van der Waals surface area contributed by atoms with Gasteiger partial charge in [-0.05, 0) is 54.3 Å². The zero-order valence-electron chi connectivity index (χ0n) is 13.9. The summed E-state index contributed by atoms with van der Waals surface area (Å²) in [6.45, 7) is 2.71. The Labute approximate surface area is 143 Å². The lowest BCUT2D eigenvalue weighted by Crippen LogP contribution is -2.15. The molecule has 2 rings (SSSR count). The van der Waals surface area contributed by atoms with E-state index in [-0.39, 0.29) is 5.92 Å². The second kappa shape index (κ2) is 8.23. The van der Waals surface area contributed by atoms with Gasteiger partial charge in [-0.25, -0.2) is 0 Å². The number of benzene rings is 2. The zero-order chi connectivity index (χ0) is 16.8. The van der Waals surface area contributed by atoms with Crippen molar-refractivity contribution in [2.45, 2.75) is 25.7 Å². The van der Waals surface area contributed by atoms with E-state index in [0.29, 0.717) is 17.3 Å². The van der Waals surface area contributed by atoms with Gasteiger partial charge in [0.15, 0.2) is 0 Å².